The van der Waals surface area contributed by atoms with Crippen molar-refractivity contribution in [2.24, 2.45) is 0 Å². The maximum absolute atomic E-state index is 5.47. The fraction of sp³-hybridized carbons (Fsp3) is 0.560. The number of hydrogen-bond acceptors (Lipinski definition) is 6. The van der Waals surface area contributed by atoms with E-state index in [0.717, 1.165) is 67.8 Å². The first-order chi connectivity index (χ1) is 15.4. The van der Waals surface area contributed by atoms with Gasteiger partial charge in [0, 0.05) is 37.6 Å². The standard InChI is InChI=1S/C25H32N6O/c1-18-27-22(29-9-11-30(12-10-29)25(3)16-32-17-25)14-23(28-18)31-21-13-20(24(2)7-4-8-24)6-5-19(21)15-26-31/h5-6,13-15H,4,7-12,16-17H2,1-3H3. The maximum atomic E-state index is 5.47. The molecule has 3 fully saturated rings. The molecule has 3 aliphatic rings. The normalized spacial score (nSPS) is 22.5. The van der Waals surface area contributed by atoms with Gasteiger partial charge in [0.05, 0.1) is 30.5 Å². The number of hydrogen-bond donors (Lipinski definition) is 0. The molecule has 6 rings (SSSR count). The van der Waals surface area contributed by atoms with E-state index in [0.29, 0.717) is 5.41 Å². The number of aromatic nitrogens is 4. The van der Waals surface area contributed by atoms with Crippen LogP contribution in [0.3, 0.4) is 0 Å². The van der Waals surface area contributed by atoms with Crippen LogP contribution >= 0.6 is 0 Å². The molecule has 0 amide bonds. The molecule has 0 radical (unpaired) electrons. The van der Waals surface area contributed by atoms with Gasteiger partial charge < -0.3 is 9.64 Å². The summed E-state index contributed by atoms with van der Waals surface area (Å²) in [4.78, 5) is 14.5. The van der Waals surface area contributed by atoms with Gasteiger partial charge in [-0.25, -0.2) is 14.6 Å². The van der Waals surface area contributed by atoms with E-state index in [-0.39, 0.29) is 5.54 Å². The van der Waals surface area contributed by atoms with Crippen LogP contribution in [0.15, 0.2) is 30.5 Å². The van der Waals surface area contributed by atoms with Crippen LogP contribution < -0.4 is 4.90 Å². The lowest BCUT2D eigenvalue weighted by Crippen LogP contribution is -2.64. The van der Waals surface area contributed by atoms with Gasteiger partial charge in [0.25, 0.3) is 0 Å². The molecule has 0 N–H and O–H groups in total. The third-order valence-electron chi connectivity index (χ3n) is 7.95. The maximum Gasteiger partial charge on any atom is 0.159 e. The summed E-state index contributed by atoms with van der Waals surface area (Å²) < 4.78 is 7.45. The van der Waals surface area contributed by atoms with Gasteiger partial charge in [-0.15, -0.1) is 0 Å². The third-order valence-corrected chi connectivity index (χ3v) is 7.95. The Morgan fingerprint density at radius 2 is 1.69 bits per heavy atom. The smallest absolute Gasteiger partial charge is 0.159 e. The van der Waals surface area contributed by atoms with Crippen molar-refractivity contribution >= 4 is 16.7 Å². The molecule has 1 aromatic carbocycles. The van der Waals surface area contributed by atoms with Gasteiger partial charge in [0.15, 0.2) is 5.82 Å². The van der Waals surface area contributed by atoms with E-state index in [2.05, 4.69) is 47.9 Å². The van der Waals surface area contributed by atoms with Gasteiger partial charge in [-0.2, -0.15) is 5.10 Å². The second-order valence-electron chi connectivity index (χ2n) is 10.3. The van der Waals surface area contributed by atoms with E-state index in [9.17, 15) is 0 Å². The first kappa shape index (κ1) is 20.1. The van der Waals surface area contributed by atoms with Gasteiger partial charge in [-0.3, -0.25) is 4.90 Å². The molecular formula is C25H32N6O. The topological polar surface area (TPSA) is 59.3 Å². The minimum atomic E-state index is 0.210. The molecule has 2 saturated heterocycles. The van der Waals surface area contributed by atoms with E-state index in [1.165, 1.54) is 24.8 Å². The molecule has 1 aliphatic carbocycles. The molecule has 7 nitrogen and oxygen atoms in total. The number of nitrogens with zero attached hydrogens (tertiary/aromatic N) is 6. The van der Waals surface area contributed by atoms with E-state index < -0.39 is 0 Å². The molecule has 2 aliphatic heterocycles. The molecule has 4 heterocycles. The van der Waals surface area contributed by atoms with Crippen molar-refractivity contribution in [3.8, 4) is 5.82 Å². The fourth-order valence-electron chi connectivity index (χ4n) is 5.43. The van der Waals surface area contributed by atoms with Crippen molar-refractivity contribution in [1.29, 1.82) is 0 Å². The Kier molecular flexibility index (Phi) is 4.56. The predicted octanol–water partition coefficient (Wildman–Crippen LogP) is 3.48. The fourth-order valence-corrected chi connectivity index (χ4v) is 5.43. The van der Waals surface area contributed by atoms with Crippen LogP contribution in [0.25, 0.3) is 16.7 Å². The summed E-state index contributed by atoms with van der Waals surface area (Å²) in [6.45, 7) is 12.3. The van der Waals surface area contributed by atoms with Crippen LogP contribution in [-0.4, -0.2) is 69.6 Å². The van der Waals surface area contributed by atoms with Crippen LogP contribution in [-0.2, 0) is 10.2 Å². The molecule has 0 atom stereocenters. The average molecular weight is 433 g/mol. The predicted molar refractivity (Wildman–Crippen MR) is 126 cm³/mol. The average Bonchev–Trinajstić information content (AvgIpc) is 3.19. The molecule has 0 spiro atoms. The third kappa shape index (κ3) is 3.21. The summed E-state index contributed by atoms with van der Waals surface area (Å²) in [6.07, 6.45) is 5.79. The highest BCUT2D eigenvalue weighted by Gasteiger charge is 2.40. The zero-order chi connectivity index (χ0) is 21.9. The molecule has 3 aromatic rings. The molecule has 32 heavy (non-hydrogen) atoms. The second kappa shape index (κ2) is 7.25. The van der Waals surface area contributed by atoms with Crippen molar-refractivity contribution in [3.63, 3.8) is 0 Å². The largest absolute Gasteiger partial charge is 0.377 e. The highest BCUT2D eigenvalue weighted by atomic mass is 16.5. The number of fused-ring (bicyclic) bond motifs is 1. The van der Waals surface area contributed by atoms with Crippen molar-refractivity contribution in [1.82, 2.24) is 24.6 Å². The molecule has 1 saturated carbocycles. The number of benzene rings is 1. The molecule has 0 bridgehead atoms. The summed E-state index contributed by atoms with van der Waals surface area (Å²) in [7, 11) is 0. The van der Waals surface area contributed by atoms with E-state index >= 15 is 0 Å². The Hall–Kier alpha value is -2.51. The summed E-state index contributed by atoms with van der Waals surface area (Å²) in [5.41, 5.74) is 3.05. The molecular weight excluding hydrogens is 400 g/mol. The highest BCUT2D eigenvalue weighted by molar-refractivity contribution is 5.81. The van der Waals surface area contributed by atoms with Crippen LogP contribution in [0.2, 0.25) is 0 Å². The van der Waals surface area contributed by atoms with Gasteiger partial charge in [0.1, 0.15) is 11.6 Å². The van der Waals surface area contributed by atoms with Gasteiger partial charge in [-0.1, -0.05) is 25.5 Å². The first-order valence-electron chi connectivity index (χ1n) is 11.9. The minimum Gasteiger partial charge on any atom is -0.377 e. The minimum absolute atomic E-state index is 0.210. The number of ether oxygens (including phenoxy) is 1. The lowest BCUT2D eigenvalue weighted by Gasteiger charge is -2.50. The number of piperazine rings is 1. The molecule has 2 aromatic heterocycles. The van der Waals surface area contributed by atoms with E-state index in [1.54, 1.807) is 0 Å². The van der Waals surface area contributed by atoms with E-state index in [1.807, 2.05) is 17.8 Å². The second-order valence-corrected chi connectivity index (χ2v) is 10.3. The van der Waals surface area contributed by atoms with Crippen molar-refractivity contribution in [2.75, 3.05) is 44.3 Å². The number of anilines is 1. The Balaban J connectivity index is 1.30. The Labute approximate surface area is 189 Å². The van der Waals surface area contributed by atoms with Crippen molar-refractivity contribution in [3.05, 3.63) is 41.9 Å². The first-order valence-corrected chi connectivity index (χ1v) is 11.9. The summed E-state index contributed by atoms with van der Waals surface area (Å²) >= 11 is 0. The molecule has 7 heteroatoms. The molecule has 0 unspecified atom stereocenters. The van der Waals surface area contributed by atoms with Crippen LogP contribution in [0.5, 0.6) is 0 Å². The lowest BCUT2D eigenvalue weighted by molar-refractivity contribution is -0.131. The monoisotopic (exact) mass is 432 g/mol. The van der Waals surface area contributed by atoms with Crippen LogP contribution in [0, 0.1) is 6.92 Å². The van der Waals surface area contributed by atoms with E-state index in [4.69, 9.17) is 19.8 Å². The highest BCUT2D eigenvalue weighted by Crippen LogP contribution is 2.43. The zero-order valence-electron chi connectivity index (χ0n) is 19.3. The number of rotatable bonds is 4. The van der Waals surface area contributed by atoms with Gasteiger partial charge in [0.2, 0.25) is 0 Å². The Morgan fingerprint density at radius 1 is 0.938 bits per heavy atom. The summed E-state index contributed by atoms with van der Waals surface area (Å²) in [6, 6.07) is 8.90. The van der Waals surface area contributed by atoms with Crippen LogP contribution in [0.1, 0.15) is 44.5 Å². The number of aryl methyl sites for hydroxylation is 1. The summed E-state index contributed by atoms with van der Waals surface area (Å²) in [5, 5.41) is 5.86. The van der Waals surface area contributed by atoms with Crippen LogP contribution in [0.4, 0.5) is 5.82 Å². The SMILES string of the molecule is Cc1nc(N2CCN(C3(C)COC3)CC2)cc(-n2ncc3ccc(C4(C)CCC4)cc32)n1. The zero-order valence-corrected chi connectivity index (χ0v) is 19.3. The summed E-state index contributed by atoms with van der Waals surface area (Å²) in [5.74, 6) is 2.62. The Bertz CT molecular complexity index is 1150. The van der Waals surface area contributed by atoms with Gasteiger partial charge >= 0.3 is 0 Å². The van der Waals surface area contributed by atoms with Crippen molar-refractivity contribution in [2.45, 2.75) is 51.0 Å². The lowest BCUT2D eigenvalue weighted by atomic mass is 9.66. The van der Waals surface area contributed by atoms with Gasteiger partial charge in [-0.05, 0) is 43.7 Å². The Morgan fingerprint density at radius 3 is 2.34 bits per heavy atom. The van der Waals surface area contributed by atoms with Crippen molar-refractivity contribution < 1.29 is 4.74 Å². The quantitative estimate of drug-likeness (QED) is 0.629. The molecule has 168 valence electrons.